The Kier molecular flexibility index (Phi) is 2.44. The minimum absolute atomic E-state index is 0.0189. The number of aliphatic carboxylic acids is 1. The highest BCUT2D eigenvalue weighted by molar-refractivity contribution is 7.80. The SMILES string of the molecule is O=CC[C@]1(C=O)N[C@@]1(CS)C(=O)O. The lowest BCUT2D eigenvalue weighted by atomic mass is 9.93. The molecule has 0 unspecified atom stereocenters. The van der Waals surface area contributed by atoms with Gasteiger partial charge in [-0.1, -0.05) is 0 Å². The molecule has 1 rings (SSSR count). The molecule has 72 valence electrons. The van der Waals surface area contributed by atoms with Crippen LogP contribution in [0.3, 0.4) is 0 Å². The topological polar surface area (TPSA) is 93.4 Å². The maximum atomic E-state index is 10.8. The van der Waals surface area contributed by atoms with Gasteiger partial charge in [0, 0.05) is 12.2 Å². The number of carboxylic acid groups (broad SMARTS) is 1. The second kappa shape index (κ2) is 3.12. The van der Waals surface area contributed by atoms with Crippen molar-refractivity contribution in [2.45, 2.75) is 17.5 Å². The number of rotatable bonds is 5. The number of aldehydes is 2. The van der Waals surface area contributed by atoms with E-state index in [1.165, 1.54) is 0 Å². The zero-order valence-electron chi connectivity index (χ0n) is 6.69. The Morgan fingerprint density at radius 1 is 1.54 bits per heavy atom. The average Bonchev–Trinajstić information content (AvgIpc) is 2.76. The van der Waals surface area contributed by atoms with Crippen molar-refractivity contribution in [3.8, 4) is 0 Å². The maximum Gasteiger partial charge on any atom is 0.327 e. The van der Waals surface area contributed by atoms with Crippen molar-refractivity contribution in [3.05, 3.63) is 0 Å². The molecule has 1 heterocycles. The molecular weight excluding hydrogens is 194 g/mol. The highest BCUT2D eigenvalue weighted by Gasteiger charge is 2.71. The highest BCUT2D eigenvalue weighted by atomic mass is 32.1. The van der Waals surface area contributed by atoms with Gasteiger partial charge < -0.3 is 14.7 Å². The molecule has 0 aromatic rings. The minimum atomic E-state index is -1.36. The van der Waals surface area contributed by atoms with E-state index in [1.54, 1.807) is 0 Å². The summed E-state index contributed by atoms with van der Waals surface area (Å²) in [5.41, 5.74) is -2.61. The molecule has 13 heavy (non-hydrogen) atoms. The zero-order chi connectivity index (χ0) is 10.1. The van der Waals surface area contributed by atoms with Crippen LogP contribution >= 0.6 is 12.6 Å². The molecule has 0 bridgehead atoms. The van der Waals surface area contributed by atoms with Crippen LogP contribution in [0.1, 0.15) is 6.42 Å². The van der Waals surface area contributed by atoms with Gasteiger partial charge in [0.25, 0.3) is 0 Å². The zero-order valence-corrected chi connectivity index (χ0v) is 7.58. The first kappa shape index (κ1) is 10.2. The van der Waals surface area contributed by atoms with Crippen LogP contribution in [0.15, 0.2) is 0 Å². The molecule has 0 radical (unpaired) electrons. The van der Waals surface area contributed by atoms with Crippen molar-refractivity contribution in [3.63, 3.8) is 0 Å². The summed E-state index contributed by atoms with van der Waals surface area (Å²) in [7, 11) is 0. The molecule has 0 amide bonds. The summed E-state index contributed by atoms with van der Waals surface area (Å²) in [4.78, 5) is 31.6. The molecule has 0 aliphatic carbocycles. The monoisotopic (exact) mass is 203 g/mol. The standard InChI is InChI=1S/C7H9NO4S/c9-2-1-6(3-10)7(4-13,8-6)5(11)12/h2-3,8,13H,1,4H2,(H,11,12)/t6-,7+/m1/s1. The number of thiol groups is 1. The van der Waals surface area contributed by atoms with Crippen LogP contribution in [0.2, 0.25) is 0 Å². The van der Waals surface area contributed by atoms with Crippen molar-refractivity contribution in [2.75, 3.05) is 5.75 Å². The molecule has 2 N–H and O–H groups in total. The molecule has 1 aliphatic rings. The van der Waals surface area contributed by atoms with Crippen molar-refractivity contribution in [2.24, 2.45) is 0 Å². The van der Waals surface area contributed by atoms with E-state index >= 15 is 0 Å². The van der Waals surface area contributed by atoms with Crippen molar-refractivity contribution >= 4 is 31.2 Å². The highest BCUT2D eigenvalue weighted by Crippen LogP contribution is 2.40. The molecule has 5 nitrogen and oxygen atoms in total. The second-order valence-electron chi connectivity index (χ2n) is 2.95. The quantitative estimate of drug-likeness (QED) is 0.298. The first-order chi connectivity index (χ1) is 6.08. The summed E-state index contributed by atoms with van der Waals surface area (Å²) in [6, 6.07) is 0. The molecule has 6 heteroatoms. The van der Waals surface area contributed by atoms with Crippen LogP contribution in [0, 0.1) is 0 Å². The number of carbonyl (C=O) groups is 3. The van der Waals surface area contributed by atoms with E-state index in [1.807, 2.05) is 0 Å². The third-order valence-corrected chi connectivity index (χ3v) is 2.82. The molecule has 0 aromatic heterocycles. The lowest BCUT2D eigenvalue weighted by molar-refractivity contribution is -0.140. The molecule has 2 atom stereocenters. The average molecular weight is 203 g/mol. The van der Waals surface area contributed by atoms with Gasteiger partial charge in [-0.3, -0.25) is 10.1 Å². The summed E-state index contributed by atoms with van der Waals surface area (Å²) in [5.74, 6) is -1.18. The van der Waals surface area contributed by atoms with Crippen LogP contribution in [-0.2, 0) is 14.4 Å². The smallest absolute Gasteiger partial charge is 0.327 e. The van der Waals surface area contributed by atoms with Crippen LogP contribution in [-0.4, -0.2) is 40.5 Å². The fourth-order valence-corrected chi connectivity index (χ4v) is 1.87. The predicted octanol–water partition coefficient (Wildman–Crippen LogP) is -1.13. The maximum absolute atomic E-state index is 10.8. The summed E-state index contributed by atoms with van der Waals surface area (Å²) >= 11 is 3.85. The van der Waals surface area contributed by atoms with Crippen molar-refractivity contribution < 1.29 is 19.5 Å². The third kappa shape index (κ3) is 1.17. The lowest BCUT2D eigenvalue weighted by Crippen LogP contribution is -2.37. The number of carbonyl (C=O) groups excluding carboxylic acids is 2. The second-order valence-corrected chi connectivity index (χ2v) is 3.27. The van der Waals surface area contributed by atoms with Gasteiger partial charge in [0.1, 0.15) is 18.1 Å². The number of hydrogen-bond acceptors (Lipinski definition) is 5. The molecule has 0 spiro atoms. The fourth-order valence-electron chi connectivity index (χ4n) is 1.38. The number of carboxylic acids is 1. The van der Waals surface area contributed by atoms with Gasteiger partial charge in [0.15, 0.2) is 5.54 Å². The normalized spacial score (nSPS) is 36.7. The molecule has 1 saturated heterocycles. The fraction of sp³-hybridized carbons (Fsp3) is 0.571. The van der Waals surface area contributed by atoms with E-state index in [-0.39, 0.29) is 12.2 Å². The molecular formula is C7H9NO4S. The Labute approximate surface area is 79.9 Å². The first-order valence-electron chi connectivity index (χ1n) is 3.62. The molecule has 0 saturated carbocycles. The van der Waals surface area contributed by atoms with Gasteiger partial charge in [-0.2, -0.15) is 12.6 Å². The predicted molar refractivity (Wildman–Crippen MR) is 46.8 cm³/mol. The summed E-state index contributed by atoms with van der Waals surface area (Å²) < 4.78 is 0. The van der Waals surface area contributed by atoms with Gasteiger partial charge in [-0.25, -0.2) is 0 Å². The third-order valence-electron chi connectivity index (χ3n) is 2.34. The van der Waals surface area contributed by atoms with E-state index in [2.05, 4.69) is 17.9 Å². The van der Waals surface area contributed by atoms with Gasteiger partial charge in [0.05, 0.1) is 0 Å². The Bertz CT molecular complexity index is 269. The Hall–Kier alpha value is -0.880. The van der Waals surface area contributed by atoms with E-state index in [0.717, 1.165) is 0 Å². The van der Waals surface area contributed by atoms with Crippen molar-refractivity contribution in [1.82, 2.24) is 5.32 Å². The van der Waals surface area contributed by atoms with Gasteiger partial charge in [-0.15, -0.1) is 0 Å². The largest absolute Gasteiger partial charge is 0.480 e. The number of hydrogen-bond donors (Lipinski definition) is 3. The Morgan fingerprint density at radius 2 is 2.15 bits per heavy atom. The molecule has 0 aromatic carbocycles. The van der Waals surface area contributed by atoms with Gasteiger partial charge >= 0.3 is 5.97 Å². The Morgan fingerprint density at radius 3 is 2.38 bits per heavy atom. The summed E-state index contributed by atoms with van der Waals surface area (Å²) in [5, 5.41) is 11.3. The van der Waals surface area contributed by atoms with Crippen LogP contribution < -0.4 is 5.32 Å². The van der Waals surface area contributed by atoms with Crippen LogP contribution in [0.5, 0.6) is 0 Å². The van der Waals surface area contributed by atoms with Gasteiger partial charge in [-0.05, 0) is 0 Å². The van der Waals surface area contributed by atoms with Gasteiger partial charge in [0.2, 0.25) is 0 Å². The summed E-state index contributed by atoms with van der Waals surface area (Å²) in [6.45, 7) is 0. The van der Waals surface area contributed by atoms with Crippen LogP contribution in [0.4, 0.5) is 0 Å². The first-order valence-corrected chi connectivity index (χ1v) is 4.25. The number of nitrogens with one attached hydrogen (secondary N) is 1. The Balaban J connectivity index is 2.91. The van der Waals surface area contributed by atoms with Crippen LogP contribution in [0.25, 0.3) is 0 Å². The molecule has 1 aliphatic heterocycles. The van der Waals surface area contributed by atoms with E-state index in [4.69, 9.17) is 5.11 Å². The van der Waals surface area contributed by atoms with E-state index in [0.29, 0.717) is 12.6 Å². The molecule has 1 fully saturated rings. The summed E-state index contributed by atoms with van der Waals surface area (Å²) in [6.07, 6.45) is 0.852. The van der Waals surface area contributed by atoms with Crippen molar-refractivity contribution in [1.29, 1.82) is 0 Å². The van der Waals surface area contributed by atoms with E-state index in [9.17, 15) is 14.4 Å². The van der Waals surface area contributed by atoms with E-state index < -0.39 is 17.0 Å². The minimum Gasteiger partial charge on any atom is -0.480 e. The lowest BCUT2D eigenvalue weighted by Gasteiger charge is -2.08.